The van der Waals surface area contributed by atoms with E-state index in [0.29, 0.717) is 16.4 Å². The molecule has 0 spiro atoms. The van der Waals surface area contributed by atoms with Gasteiger partial charge in [0.2, 0.25) is 10.0 Å². The summed E-state index contributed by atoms with van der Waals surface area (Å²) < 4.78 is 26.9. The second-order valence-corrected chi connectivity index (χ2v) is 9.33. The highest BCUT2D eigenvalue weighted by Gasteiger charge is 2.21. The van der Waals surface area contributed by atoms with Crippen molar-refractivity contribution in [2.75, 3.05) is 11.0 Å². The highest BCUT2D eigenvalue weighted by molar-refractivity contribution is 8.00. The number of para-hydroxylation sites is 1. The van der Waals surface area contributed by atoms with Crippen LogP contribution in [0.5, 0.6) is 0 Å². The molecule has 0 amide bonds. The fraction of sp³-hybridized carbons (Fsp3) is 0.211. The quantitative estimate of drug-likeness (QED) is 0.469. The van der Waals surface area contributed by atoms with Crippen molar-refractivity contribution in [3.8, 4) is 5.69 Å². The Morgan fingerprint density at radius 2 is 1.71 bits per heavy atom. The fourth-order valence-electron chi connectivity index (χ4n) is 2.66. The van der Waals surface area contributed by atoms with Crippen LogP contribution in [0.4, 0.5) is 5.69 Å². The topological polar surface area (TPSA) is 94.0 Å². The van der Waals surface area contributed by atoms with E-state index < -0.39 is 10.0 Å². The molecule has 9 heteroatoms. The second kappa shape index (κ2) is 8.15. The third-order valence-electron chi connectivity index (χ3n) is 3.93. The largest absolute Gasteiger partial charge is 0.293 e. The number of nitrogens with zero attached hydrogens (tertiary/aromatic N) is 3. The SMILES string of the molecule is Cc1nnc(S[C@@H](C)C(=O)c2ccc(NS(C)(=O)=O)cc2)n1-c1ccccc1. The van der Waals surface area contributed by atoms with Gasteiger partial charge in [0.15, 0.2) is 10.9 Å². The number of aryl methyl sites for hydroxylation is 1. The van der Waals surface area contributed by atoms with E-state index in [2.05, 4.69) is 14.9 Å². The molecule has 146 valence electrons. The molecule has 3 rings (SSSR count). The Morgan fingerprint density at radius 3 is 2.32 bits per heavy atom. The summed E-state index contributed by atoms with van der Waals surface area (Å²) >= 11 is 1.33. The molecule has 0 fully saturated rings. The summed E-state index contributed by atoms with van der Waals surface area (Å²) in [6, 6.07) is 16.1. The van der Waals surface area contributed by atoms with Gasteiger partial charge in [0.1, 0.15) is 5.82 Å². The lowest BCUT2D eigenvalue weighted by molar-refractivity contribution is 0.0994. The van der Waals surface area contributed by atoms with E-state index in [0.717, 1.165) is 17.8 Å². The van der Waals surface area contributed by atoms with Crippen LogP contribution in [0.15, 0.2) is 59.8 Å². The minimum atomic E-state index is -3.35. The molecule has 2 aromatic carbocycles. The van der Waals surface area contributed by atoms with E-state index in [1.54, 1.807) is 24.3 Å². The van der Waals surface area contributed by atoms with Crippen LogP contribution < -0.4 is 4.72 Å². The van der Waals surface area contributed by atoms with Crippen LogP contribution in [0, 0.1) is 6.92 Å². The molecular weight excluding hydrogens is 396 g/mol. The molecule has 0 bridgehead atoms. The molecule has 1 atom stereocenters. The zero-order valence-electron chi connectivity index (χ0n) is 15.7. The fourth-order valence-corrected chi connectivity index (χ4v) is 4.21. The van der Waals surface area contributed by atoms with Gasteiger partial charge in [-0.15, -0.1) is 10.2 Å². The number of hydrogen-bond donors (Lipinski definition) is 1. The van der Waals surface area contributed by atoms with Crippen LogP contribution >= 0.6 is 11.8 Å². The number of ketones is 1. The summed E-state index contributed by atoms with van der Waals surface area (Å²) in [4.78, 5) is 12.8. The van der Waals surface area contributed by atoms with E-state index in [-0.39, 0.29) is 11.0 Å². The number of hydrogen-bond acceptors (Lipinski definition) is 6. The van der Waals surface area contributed by atoms with Crippen molar-refractivity contribution in [2.24, 2.45) is 0 Å². The Hall–Kier alpha value is -2.65. The lowest BCUT2D eigenvalue weighted by Gasteiger charge is -2.12. The van der Waals surface area contributed by atoms with E-state index in [4.69, 9.17) is 0 Å². The summed E-state index contributed by atoms with van der Waals surface area (Å²) in [6.45, 7) is 3.68. The summed E-state index contributed by atoms with van der Waals surface area (Å²) in [5.41, 5.74) is 1.85. The molecule has 0 saturated carbocycles. The Morgan fingerprint density at radius 1 is 1.07 bits per heavy atom. The number of thioether (sulfide) groups is 1. The van der Waals surface area contributed by atoms with E-state index in [1.165, 1.54) is 11.8 Å². The normalized spacial score (nSPS) is 12.5. The third kappa shape index (κ3) is 4.79. The molecule has 1 N–H and O–H groups in total. The Balaban J connectivity index is 1.77. The zero-order valence-corrected chi connectivity index (χ0v) is 17.3. The van der Waals surface area contributed by atoms with E-state index in [9.17, 15) is 13.2 Å². The van der Waals surface area contributed by atoms with Crippen molar-refractivity contribution in [3.05, 3.63) is 66.0 Å². The van der Waals surface area contributed by atoms with Crippen molar-refractivity contribution in [3.63, 3.8) is 0 Å². The number of carbonyl (C=O) groups is 1. The van der Waals surface area contributed by atoms with Gasteiger partial charge in [-0.05, 0) is 50.2 Å². The summed E-state index contributed by atoms with van der Waals surface area (Å²) in [5.74, 6) is 0.667. The predicted octanol–water partition coefficient (Wildman–Crippen LogP) is 3.31. The predicted molar refractivity (Wildman–Crippen MR) is 111 cm³/mol. The number of rotatable bonds is 7. The molecule has 1 aromatic heterocycles. The molecule has 0 aliphatic carbocycles. The summed E-state index contributed by atoms with van der Waals surface area (Å²) in [7, 11) is -3.35. The van der Waals surface area contributed by atoms with E-state index in [1.807, 2.05) is 48.7 Å². The molecule has 28 heavy (non-hydrogen) atoms. The van der Waals surface area contributed by atoms with Crippen LogP contribution in [0.25, 0.3) is 5.69 Å². The minimum absolute atomic E-state index is 0.0730. The standard InChI is InChI=1S/C19H20N4O3S2/c1-13(18(24)15-9-11-16(12-10-15)22-28(3,25)26)27-19-21-20-14(2)23(19)17-7-5-4-6-8-17/h4-13,22H,1-3H3/t13-/m0/s1. The van der Waals surface area contributed by atoms with Crippen LogP contribution in [-0.4, -0.2) is 40.5 Å². The van der Waals surface area contributed by atoms with Crippen LogP contribution in [0.3, 0.4) is 0 Å². The van der Waals surface area contributed by atoms with Gasteiger partial charge in [-0.2, -0.15) is 0 Å². The Bertz CT molecular complexity index is 1080. The summed E-state index contributed by atoms with van der Waals surface area (Å²) in [6.07, 6.45) is 1.08. The number of sulfonamides is 1. The van der Waals surface area contributed by atoms with E-state index >= 15 is 0 Å². The maximum Gasteiger partial charge on any atom is 0.229 e. The molecule has 3 aromatic rings. The van der Waals surface area contributed by atoms with Crippen LogP contribution in [0.2, 0.25) is 0 Å². The van der Waals surface area contributed by atoms with Crippen molar-refractivity contribution in [2.45, 2.75) is 24.3 Å². The number of aromatic nitrogens is 3. The van der Waals surface area contributed by atoms with Crippen molar-refractivity contribution >= 4 is 33.3 Å². The maximum atomic E-state index is 12.8. The Kier molecular flexibility index (Phi) is 5.85. The van der Waals surface area contributed by atoms with Gasteiger partial charge in [0, 0.05) is 16.9 Å². The maximum absolute atomic E-state index is 12.8. The first kappa shape index (κ1) is 20.1. The third-order valence-corrected chi connectivity index (χ3v) is 5.58. The van der Waals surface area contributed by atoms with Crippen molar-refractivity contribution < 1.29 is 13.2 Å². The first-order valence-electron chi connectivity index (χ1n) is 8.51. The van der Waals surface area contributed by atoms with Crippen LogP contribution in [-0.2, 0) is 10.0 Å². The molecule has 0 saturated heterocycles. The average Bonchev–Trinajstić information content (AvgIpc) is 3.01. The van der Waals surface area contributed by atoms with Gasteiger partial charge in [0.25, 0.3) is 0 Å². The number of nitrogens with one attached hydrogen (secondary N) is 1. The minimum Gasteiger partial charge on any atom is -0.293 e. The molecule has 0 aliphatic rings. The molecule has 0 aliphatic heterocycles. The zero-order chi connectivity index (χ0) is 20.3. The second-order valence-electron chi connectivity index (χ2n) is 6.28. The van der Waals surface area contributed by atoms with Gasteiger partial charge in [-0.3, -0.25) is 14.1 Å². The lowest BCUT2D eigenvalue weighted by Crippen LogP contribution is -2.15. The Labute approximate surface area is 168 Å². The number of carbonyl (C=O) groups excluding carboxylic acids is 1. The number of anilines is 1. The lowest BCUT2D eigenvalue weighted by atomic mass is 10.1. The monoisotopic (exact) mass is 416 g/mol. The first-order chi connectivity index (χ1) is 13.2. The van der Waals surface area contributed by atoms with Gasteiger partial charge in [-0.25, -0.2) is 8.42 Å². The van der Waals surface area contributed by atoms with Gasteiger partial charge < -0.3 is 0 Å². The smallest absolute Gasteiger partial charge is 0.229 e. The molecule has 0 radical (unpaired) electrons. The van der Waals surface area contributed by atoms with Crippen LogP contribution in [0.1, 0.15) is 23.1 Å². The molecular formula is C19H20N4O3S2. The molecule has 1 heterocycles. The van der Waals surface area contributed by atoms with Crippen molar-refractivity contribution in [1.82, 2.24) is 14.8 Å². The highest BCUT2D eigenvalue weighted by Crippen LogP contribution is 2.27. The summed E-state index contributed by atoms with van der Waals surface area (Å²) in [5, 5.41) is 8.60. The number of benzene rings is 2. The first-order valence-corrected chi connectivity index (χ1v) is 11.3. The number of Topliss-reactive ketones (excluding diaryl/α,β-unsaturated/α-hetero) is 1. The molecule has 0 unspecified atom stereocenters. The van der Waals surface area contributed by atoms with Gasteiger partial charge in [-0.1, -0.05) is 30.0 Å². The highest BCUT2D eigenvalue weighted by atomic mass is 32.2. The van der Waals surface area contributed by atoms with Gasteiger partial charge >= 0.3 is 0 Å². The van der Waals surface area contributed by atoms with Crippen molar-refractivity contribution in [1.29, 1.82) is 0 Å². The average molecular weight is 417 g/mol. The van der Waals surface area contributed by atoms with Gasteiger partial charge in [0.05, 0.1) is 11.5 Å². The molecule has 7 nitrogen and oxygen atoms in total.